The molecule has 2 N–H and O–H groups in total. The second-order valence-corrected chi connectivity index (χ2v) is 18.0. The maximum Gasteiger partial charge on any atom is 0.303 e. The molecule has 0 aromatic rings. The lowest BCUT2D eigenvalue weighted by Crippen LogP contribution is -2.66. The van der Waals surface area contributed by atoms with E-state index in [0.717, 1.165) is 69.7 Å². The van der Waals surface area contributed by atoms with Crippen LogP contribution in [0.25, 0.3) is 0 Å². The Kier molecular flexibility index (Phi) is 10.1. The van der Waals surface area contributed by atoms with Crippen LogP contribution in [0.2, 0.25) is 0 Å². The molecule has 5 rings (SSSR count). The van der Waals surface area contributed by atoms with Gasteiger partial charge in [-0.15, -0.1) is 0 Å². The minimum Gasteiger partial charge on any atom is -0.481 e. The number of carbonyl (C=O) groups is 2. The van der Waals surface area contributed by atoms with Crippen molar-refractivity contribution < 1.29 is 14.7 Å². The van der Waals surface area contributed by atoms with Gasteiger partial charge in [-0.05, 0) is 129 Å². The second-order valence-electron chi connectivity index (χ2n) is 18.0. The second kappa shape index (κ2) is 13.1. The fourth-order valence-corrected chi connectivity index (χ4v) is 13.0. The van der Waals surface area contributed by atoms with Gasteiger partial charge in [0, 0.05) is 13.0 Å². The van der Waals surface area contributed by atoms with E-state index in [0.29, 0.717) is 40.9 Å². The summed E-state index contributed by atoms with van der Waals surface area (Å²) in [7, 11) is 0. The molecule has 4 fully saturated rings. The molecule has 0 aromatic heterocycles. The van der Waals surface area contributed by atoms with Crippen molar-refractivity contribution in [3.63, 3.8) is 0 Å². The predicted octanol–water partition coefficient (Wildman–Crippen LogP) is 10.5. The predicted molar refractivity (Wildman–Crippen MR) is 186 cm³/mol. The number of aliphatic carboxylic acids is 1. The Labute approximate surface area is 276 Å². The molecular formula is C41H67NO3. The number of carboxylic acids is 1. The van der Waals surface area contributed by atoms with Crippen LogP contribution in [-0.4, -0.2) is 23.5 Å². The van der Waals surface area contributed by atoms with Crippen LogP contribution in [0.5, 0.6) is 0 Å². The standard InChI is InChI=1S/C41H67NO3/c1-29(2)30-20-25-41(36(45)42-28-15-13-11-9-8-10-12-14-17-34(43)44)27-26-39(6)31(35(30)41)18-19-33-38(5)23-16-22-37(3,4)32(38)21-24-40(33,39)7/h16,22,30-33,35H,1,8-15,17-21,23-28H2,2-7H3,(H,42,45)(H,43,44)/t30-,31?,32?,33+,35?,38-,39+,40+,41-/m0/s1. The largest absolute Gasteiger partial charge is 0.481 e. The highest BCUT2D eigenvalue weighted by Crippen LogP contribution is 2.77. The SMILES string of the molecule is C=C(C)[C@@H]1CC[C@]2(C(=O)NCCCCCCCCCCC(=O)O)CC[C@]3(C)C(CC[C@@H]4[C@@]5(C)CC=CC(C)(C)C5CC[C@]43C)C12. The third-order valence-electron chi connectivity index (χ3n) is 15.4. The smallest absolute Gasteiger partial charge is 0.303 e. The lowest BCUT2D eigenvalue weighted by atomic mass is 9.33. The highest BCUT2D eigenvalue weighted by molar-refractivity contribution is 5.83. The molecule has 4 heteroatoms. The Morgan fingerprint density at radius 3 is 2.13 bits per heavy atom. The van der Waals surface area contributed by atoms with Gasteiger partial charge in [-0.3, -0.25) is 9.59 Å². The Morgan fingerprint density at radius 2 is 1.47 bits per heavy atom. The number of nitrogens with one attached hydrogen (secondary N) is 1. The quantitative estimate of drug-likeness (QED) is 0.159. The summed E-state index contributed by atoms with van der Waals surface area (Å²) in [6.07, 6.45) is 25.0. The maximum atomic E-state index is 14.3. The molecule has 0 spiro atoms. The Bertz CT molecular complexity index is 1140. The van der Waals surface area contributed by atoms with Gasteiger partial charge in [-0.25, -0.2) is 0 Å². The number of allylic oxidation sites excluding steroid dienone is 3. The van der Waals surface area contributed by atoms with Crippen molar-refractivity contribution in [3.05, 3.63) is 24.3 Å². The summed E-state index contributed by atoms with van der Waals surface area (Å²) in [5, 5.41) is 12.3. The van der Waals surface area contributed by atoms with Crippen LogP contribution in [-0.2, 0) is 9.59 Å². The Morgan fingerprint density at radius 1 is 0.800 bits per heavy atom. The molecule has 0 bridgehead atoms. The Balaban J connectivity index is 1.24. The highest BCUT2D eigenvalue weighted by Gasteiger charge is 2.71. The van der Waals surface area contributed by atoms with E-state index in [2.05, 4.69) is 65.6 Å². The van der Waals surface area contributed by atoms with Crippen molar-refractivity contribution in [2.24, 2.45) is 56.7 Å². The van der Waals surface area contributed by atoms with Gasteiger partial charge in [0.15, 0.2) is 0 Å². The van der Waals surface area contributed by atoms with Crippen LogP contribution in [0.15, 0.2) is 24.3 Å². The number of fused-ring (bicyclic) bond motifs is 7. The van der Waals surface area contributed by atoms with Gasteiger partial charge >= 0.3 is 5.97 Å². The van der Waals surface area contributed by atoms with Crippen molar-refractivity contribution in [2.75, 3.05) is 6.54 Å². The molecule has 5 aliphatic rings. The van der Waals surface area contributed by atoms with E-state index in [1.807, 2.05) is 0 Å². The first kappa shape index (κ1) is 34.7. The van der Waals surface area contributed by atoms with Gasteiger partial charge in [0.05, 0.1) is 5.41 Å². The number of carboxylic acid groups (broad SMARTS) is 1. The number of unbranched alkanes of at least 4 members (excludes halogenated alkanes) is 7. The fraction of sp³-hybridized carbons (Fsp3) is 0.854. The molecule has 45 heavy (non-hydrogen) atoms. The van der Waals surface area contributed by atoms with Crippen molar-refractivity contribution in [1.82, 2.24) is 5.32 Å². The van der Waals surface area contributed by atoms with E-state index in [1.165, 1.54) is 63.4 Å². The lowest BCUT2D eigenvalue weighted by molar-refractivity contribution is -0.225. The van der Waals surface area contributed by atoms with Crippen LogP contribution < -0.4 is 5.32 Å². The molecule has 0 aromatic carbocycles. The third-order valence-corrected chi connectivity index (χ3v) is 15.4. The van der Waals surface area contributed by atoms with Gasteiger partial charge in [-0.1, -0.05) is 97.4 Å². The van der Waals surface area contributed by atoms with Crippen LogP contribution in [0.1, 0.15) is 157 Å². The summed E-state index contributed by atoms with van der Waals surface area (Å²) in [5.41, 5.74) is 2.34. The van der Waals surface area contributed by atoms with E-state index in [4.69, 9.17) is 5.11 Å². The zero-order chi connectivity index (χ0) is 32.7. The first-order valence-electron chi connectivity index (χ1n) is 19.1. The lowest BCUT2D eigenvalue weighted by Gasteiger charge is -2.72. The summed E-state index contributed by atoms with van der Waals surface area (Å²) >= 11 is 0. The molecule has 0 saturated heterocycles. The summed E-state index contributed by atoms with van der Waals surface area (Å²) in [5.74, 6) is 2.70. The van der Waals surface area contributed by atoms with E-state index in [9.17, 15) is 9.59 Å². The summed E-state index contributed by atoms with van der Waals surface area (Å²) in [6.45, 7) is 20.6. The number of amides is 1. The van der Waals surface area contributed by atoms with Crippen molar-refractivity contribution in [1.29, 1.82) is 0 Å². The fourth-order valence-electron chi connectivity index (χ4n) is 13.0. The van der Waals surface area contributed by atoms with Crippen LogP contribution in [0.3, 0.4) is 0 Å². The summed E-state index contributed by atoms with van der Waals surface area (Å²) < 4.78 is 0. The molecule has 9 atom stereocenters. The molecule has 254 valence electrons. The number of hydrogen-bond donors (Lipinski definition) is 2. The molecule has 0 radical (unpaired) electrons. The zero-order valence-electron chi connectivity index (χ0n) is 29.9. The number of carbonyl (C=O) groups excluding carboxylic acids is 1. The molecule has 5 aliphatic carbocycles. The maximum absolute atomic E-state index is 14.3. The first-order chi connectivity index (χ1) is 21.2. The minimum atomic E-state index is -0.683. The van der Waals surface area contributed by atoms with Gasteiger partial charge in [0.2, 0.25) is 5.91 Å². The van der Waals surface area contributed by atoms with Crippen molar-refractivity contribution in [2.45, 2.75) is 157 Å². The average Bonchev–Trinajstić information content (AvgIpc) is 3.37. The summed E-state index contributed by atoms with van der Waals surface area (Å²) in [6, 6.07) is 0. The topological polar surface area (TPSA) is 66.4 Å². The van der Waals surface area contributed by atoms with Gasteiger partial charge < -0.3 is 10.4 Å². The number of rotatable bonds is 13. The van der Waals surface area contributed by atoms with Gasteiger partial charge in [0.1, 0.15) is 0 Å². The van der Waals surface area contributed by atoms with E-state index in [-0.39, 0.29) is 16.2 Å². The average molecular weight is 622 g/mol. The molecule has 0 heterocycles. The normalized spacial score (nSPS) is 41.3. The molecular weight excluding hydrogens is 554 g/mol. The van der Waals surface area contributed by atoms with Crippen LogP contribution in [0, 0.1) is 56.7 Å². The van der Waals surface area contributed by atoms with Crippen LogP contribution in [0.4, 0.5) is 0 Å². The first-order valence-corrected chi connectivity index (χ1v) is 19.1. The molecule has 4 nitrogen and oxygen atoms in total. The molecule has 4 saturated carbocycles. The minimum absolute atomic E-state index is 0.219. The van der Waals surface area contributed by atoms with E-state index >= 15 is 0 Å². The monoisotopic (exact) mass is 622 g/mol. The zero-order valence-corrected chi connectivity index (χ0v) is 29.9. The van der Waals surface area contributed by atoms with Gasteiger partial charge in [0.25, 0.3) is 0 Å². The Hall–Kier alpha value is -1.58. The number of hydrogen-bond acceptors (Lipinski definition) is 2. The van der Waals surface area contributed by atoms with Crippen molar-refractivity contribution >= 4 is 11.9 Å². The molecule has 3 unspecified atom stereocenters. The van der Waals surface area contributed by atoms with E-state index < -0.39 is 5.97 Å². The third kappa shape index (κ3) is 6.01. The molecule has 1 amide bonds. The van der Waals surface area contributed by atoms with E-state index in [1.54, 1.807) is 0 Å². The van der Waals surface area contributed by atoms with Crippen LogP contribution >= 0.6 is 0 Å². The summed E-state index contributed by atoms with van der Waals surface area (Å²) in [4.78, 5) is 25.0. The highest BCUT2D eigenvalue weighted by atomic mass is 16.4. The van der Waals surface area contributed by atoms with Crippen molar-refractivity contribution in [3.8, 4) is 0 Å². The molecule has 0 aliphatic heterocycles. The van der Waals surface area contributed by atoms with Gasteiger partial charge in [-0.2, -0.15) is 0 Å².